The molecular weight excluding hydrogens is 190 g/mol. The fourth-order valence-electron chi connectivity index (χ4n) is 1.43. The van der Waals surface area contributed by atoms with E-state index in [0.29, 0.717) is 13.0 Å². The van der Waals surface area contributed by atoms with Gasteiger partial charge in [-0.15, -0.1) is 0 Å². The minimum atomic E-state index is 0.657. The molecule has 0 atom stereocenters. The largest absolute Gasteiger partial charge is 0.328 e. The Labute approximate surface area is 87.5 Å². The highest BCUT2D eigenvalue weighted by molar-refractivity contribution is 5.73. The van der Waals surface area contributed by atoms with Gasteiger partial charge in [0.05, 0.1) is 6.54 Å². The van der Waals surface area contributed by atoms with Gasteiger partial charge >= 0.3 is 0 Å². The number of amides is 1. The lowest BCUT2D eigenvalue weighted by atomic mass is 10.2. The molecule has 0 saturated heterocycles. The predicted octanol–water partition coefficient (Wildman–Crippen LogP) is 1.50. The lowest BCUT2D eigenvalue weighted by Gasteiger charge is -2.07. The van der Waals surface area contributed by atoms with Crippen molar-refractivity contribution < 1.29 is 4.79 Å². The Bertz CT molecular complexity index is 437. The van der Waals surface area contributed by atoms with Gasteiger partial charge in [-0.1, -0.05) is 18.2 Å². The standard InChI is InChI=1S/C11H11N3O/c15-9-12-11-5-2-1-4-10(11)8-14-7-3-6-13-14/h1-7,9H,8H2,(H,12,15). The number of rotatable bonds is 4. The molecule has 0 unspecified atom stereocenters. The van der Waals surface area contributed by atoms with Crippen molar-refractivity contribution in [2.24, 2.45) is 0 Å². The first-order chi connectivity index (χ1) is 7.40. The van der Waals surface area contributed by atoms with Crippen LogP contribution in [0.25, 0.3) is 0 Å². The van der Waals surface area contributed by atoms with E-state index in [-0.39, 0.29) is 0 Å². The molecule has 15 heavy (non-hydrogen) atoms. The summed E-state index contributed by atoms with van der Waals surface area (Å²) in [4.78, 5) is 10.4. The summed E-state index contributed by atoms with van der Waals surface area (Å²) < 4.78 is 1.81. The second-order valence-corrected chi connectivity index (χ2v) is 3.12. The zero-order valence-corrected chi connectivity index (χ0v) is 8.13. The zero-order valence-electron chi connectivity index (χ0n) is 8.13. The highest BCUT2D eigenvalue weighted by Gasteiger charge is 2.01. The summed E-state index contributed by atoms with van der Waals surface area (Å²) >= 11 is 0. The summed E-state index contributed by atoms with van der Waals surface area (Å²) in [5.41, 5.74) is 1.86. The highest BCUT2D eigenvalue weighted by atomic mass is 16.1. The van der Waals surface area contributed by atoms with Crippen LogP contribution in [-0.2, 0) is 11.3 Å². The molecule has 1 aromatic carbocycles. The molecule has 4 heteroatoms. The van der Waals surface area contributed by atoms with Crippen LogP contribution in [0.4, 0.5) is 5.69 Å². The Morgan fingerprint density at radius 1 is 1.33 bits per heavy atom. The van der Waals surface area contributed by atoms with Crippen LogP contribution in [0.3, 0.4) is 0 Å². The lowest BCUT2D eigenvalue weighted by Crippen LogP contribution is -2.04. The minimum absolute atomic E-state index is 0.657. The Morgan fingerprint density at radius 2 is 2.20 bits per heavy atom. The first kappa shape index (κ1) is 9.45. The van der Waals surface area contributed by atoms with Gasteiger partial charge < -0.3 is 5.32 Å². The summed E-state index contributed by atoms with van der Waals surface area (Å²) in [5.74, 6) is 0. The van der Waals surface area contributed by atoms with Crippen LogP contribution in [-0.4, -0.2) is 16.2 Å². The molecule has 2 aromatic rings. The molecule has 4 nitrogen and oxygen atoms in total. The summed E-state index contributed by atoms with van der Waals surface area (Å²) in [6.45, 7) is 0.657. The van der Waals surface area contributed by atoms with Crippen LogP contribution < -0.4 is 5.32 Å². The molecule has 0 aliphatic rings. The van der Waals surface area contributed by atoms with Crippen molar-refractivity contribution >= 4 is 12.1 Å². The van der Waals surface area contributed by atoms with E-state index in [2.05, 4.69) is 10.4 Å². The van der Waals surface area contributed by atoms with Crippen molar-refractivity contribution in [1.29, 1.82) is 0 Å². The molecule has 0 aliphatic carbocycles. The van der Waals surface area contributed by atoms with Gasteiger partial charge in [-0.3, -0.25) is 9.48 Å². The average molecular weight is 201 g/mol. The van der Waals surface area contributed by atoms with E-state index in [4.69, 9.17) is 0 Å². The first-order valence-corrected chi connectivity index (χ1v) is 4.65. The quantitative estimate of drug-likeness (QED) is 0.762. The molecule has 2 rings (SSSR count). The normalized spacial score (nSPS) is 9.87. The average Bonchev–Trinajstić information content (AvgIpc) is 2.74. The third kappa shape index (κ3) is 2.22. The predicted molar refractivity (Wildman–Crippen MR) is 57.5 cm³/mol. The van der Waals surface area contributed by atoms with Gasteiger partial charge in [-0.05, 0) is 17.7 Å². The van der Waals surface area contributed by atoms with Crippen molar-refractivity contribution in [2.75, 3.05) is 5.32 Å². The smallest absolute Gasteiger partial charge is 0.211 e. The van der Waals surface area contributed by atoms with Crippen LogP contribution >= 0.6 is 0 Å². The fraction of sp³-hybridized carbons (Fsp3) is 0.0909. The van der Waals surface area contributed by atoms with Gasteiger partial charge in [-0.2, -0.15) is 5.10 Å². The monoisotopic (exact) mass is 201 g/mol. The SMILES string of the molecule is O=CNc1ccccc1Cn1cccn1. The number of aromatic nitrogens is 2. The number of hydrogen-bond acceptors (Lipinski definition) is 2. The van der Waals surface area contributed by atoms with Gasteiger partial charge in [0.2, 0.25) is 6.41 Å². The minimum Gasteiger partial charge on any atom is -0.328 e. The molecule has 0 fully saturated rings. The van der Waals surface area contributed by atoms with Crippen LogP contribution in [0.15, 0.2) is 42.7 Å². The van der Waals surface area contributed by atoms with E-state index in [0.717, 1.165) is 11.3 Å². The number of nitrogens with one attached hydrogen (secondary N) is 1. The number of benzene rings is 1. The Hall–Kier alpha value is -2.10. The summed E-state index contributed by atoms with van der Waals surface area (Å²) in [5, 5.41) is 6.78. The third-order valence-corrected chi connectivity index (χ3v) is 2.12. The van der Waals surface area contributed by atoms with Crippen LogP contribution in [0.1, 0.15) is 5.56 Å². The van der Waals surface area contributed by atoms with E-state index in [1.807, 2.05) is 41.2 Å². The second kappa shape index (κ2) is 4.41. The Kier molecular flexibility index (Phi) is 2.78. The van der Waals surface area contributed by atoms with Crippen molar-refractivity contribution in [3.63, 3.8) is 0 Å². The van der Waals surface area contributed by atoms with E-state index < -0.39 is 0 Å². The molecule has 1 amide bonds. The van der Waals surface area contributed by atoms with Gasteiger partial charge in [0.15, 0.2) is 0 Å². The van der Waals surface area contributed by atoms with Crippen LogP contribution in [0.2, 0.25) is 0 Å². The molecule has 1 aromatic heterocycles. The Morgan fingerprint density at radius 3 is 2.93 bits per heavy atom. The van der Waals surface area contributed by atoms with Crippen LogP contribution in [0, 0.1) is 0 Å². The molecule has 0 bridgehead atoms. The molecule has 1 N–H and O–H groups in total. The maximum atomic E-state index is 10.4. The highest BCUT2D eigenvalue weighted by Crippen LogP contribution is 2.14. The second-order valence-electron chi connectivity index (χ2n) is 3.12. The van der Waals surface area contributed by atoms with E-state index in [1.54, 1.807) is 6.20 Å². The van der Waals surface area contributed by atoms with E-state index in [9.17, 15) is 4.79 Å². The molecule has 76 valence electrons. The maximum absolute atomic E-state index is 10.4. The molecule has 0 saturated carbocycles. The third-order valence-electron chi connectivity index (χ3n) is 2.12. The molecule has 0 spiro atoms. The summed E-state index contributed by atoms with van der Waals surface area (Å²) in [6, 6.07) is 9.53. The van der Waals surface area contributed by atoms with Crippen LogP contribution in [0.5, 0.6) is 0 Å². The summed E-state index contributed by atoms with van der Waals surface area (Å²) in [7, 11) is 0. The number of hydrogen-bond donors (Lipinski definition) is 1. The maximum Gasteiger partial charge on any atom is 0.211 e. The van der Waals surface area contributed by atoms with Gasteiger partial charge in [0, 0.05) is 18.1 Å². The number of para-hydroxylation sites is 1. The number of anilines is 1. The first-order valence-electron chi connectivity index (χ1n) is 4.65. The fourth-order valence-corrected chi connectivity index (χ4v) is 1.43. The van der Waals surface area contributed by atoms with Gasteiger partial charge in [-0.25, -0.2) is 0 Å². The van der Waals surface area contributed by atoms with Gasteiger partial charge in [0.25, 0.3) is 0 Å². The van der Waals surface area contributed by atoms with E-state index >= 15 is 0 Å². The topological polar surface area (TPSA) is 46.9 Å². The Balaban J connectivity index is 2.23. The lowest BCUT2D eigenvalue weighted by molar-refractivity contribution is -0.105. The van der Waals surface area contributed by atoms with Crippen molar-refractivity contribution in [1.82, 2.24) is 9.78 Å². The molecular formula is C11H11N3O. The van der Waals surface area contributed by atoms with Crippen molar-refractivity contribution in [2.45, 2.75) is 6.54 Å². The number of carbonyl (C=O) groups excluding carboxylic acids is 1. The van der Waals surface area contributed by atoms with E-state index in [1.165, 1.54) is 0 Å². The molecule has 0 aliphatic heterocycles. The number of carbonyl (C=O) groups is 1. The van der Waals surface area contributed by atoms with Crippen molar-refractivity contribution in [3.05, 3.63) is 48.3 Å². The molecule has 0 radical (unpaired) electrons. The van der Waals surface area contributed by atoms with Gasteiger partial charge in [0.1, 0.15) is 0 Å². The zero-order chi connectivity index (χ0) is 10.5. The summed E-state index contributed by atoms with van der Waals surface area (Å²) in [6.07, 6.45) is 4.30. The molecule has 1 heterocycles. The number of nitrogens with zero attached hydrogens (tertiary/aromatic N) is 2. The van der Waals surface area contributed by atoms with Crippen molar-refractivity contribution in [3.8, 4) is 0 Å².